The monoisotopic (exact) mass is 278 g/mol. The molecule has 0 spiro atoms. The zero-order valence-electron chi connectivity index (χ0n) is 12.5. The second-order valence-electron chi connectivity index (χ2n) is 4.58. The van der Waals surface area contributed by atoms with Crippen molar-refractivity contribution in [3.8, 4) is 5.75 Å². The smallest absolute Gasteiger partial charge is 0.340 e. The summed E-state index contributed by atoms with van der Waals surface area (Å²) in [6.07, 6.45) is 3.71. The van der Waals surface area contributed by atoms with Crippen LogP contribution >= 0.6 is 0 Å². The molecule has 0 unspecified atom stereocenters. The molecule has 5 heteroatoms. The number of aliphatic imine (C=N–C) groups is 1. The summed E-state index contributed by atoms with van der Waals surface area (Å²) in [4.78, 5) is 17.8. The van der Waals surface area contributed by atoms with E-state index in [0.717, 1.165) is 12.8 Å². The van der Waals surface area contributed by atoms with Gasteiger partial charge in [-0.25, -0.2) is 9.79 Å². The van der Waals surface area contributed by atoms with Crippen LogP contribution < -0.4 is 4.74 Å². The van der Waals surface area contributed by atoms with Crippen LogP contribution in [0.15, 0.2) is 23.2 Å². The molecule has 1 aromatic rings. The molecule has 0 aliphatic carbocycles. The number of carbonyl (C=O) groups is 1. The molecule has 0 saturated heterocycles. The Balaban J connectivity index is 2.98. The van der Waals surface area contributed by atoms with E-state index in [-0.39, 0.29) is 0 Å². The molecule has 0 N–H and O–H groups in total. The molecule has 0 radical (unpaired) electrons. The standard InChI is InChI=1S/C15H22N2O3/c1-5-6-9-20-12-7-8-13(15(18)19-4)14(10-12)16-11-17(2)3/h7-8,10-11H,5-6,9H2,1-4H3/b16-11+. The van der Waals surface area contributed by atoms with Gasteiger partial charge in [0, 0.05) is 20.2 Å². The van der Waals surface area contributed by atoms with Gasteiger partial charge in [0.1, 0.15) is 5.75 Å². The van der Waals surface area contributed by atoms with Crippen LogP contribution in [-0.2, 0) is 4.74 Å². The van der Waals surface area contributed by atoms with Crippen molar-refractivity contribution in [2.45, 2.75) is 19.8 Å². The molecular weight excluding hydrogens is 256 g/mol. The molecule has 0 atom stereocenters. The lowest BCUT2D eigenvalue weighted by molar-refractivity contribution is 0.0601. The largest absolute Gasteiger partial charge is 0.494 e. The van der Waals surface area contributed by atoms with E-state index in [2.05, 4.69) is 11.9 Å². The molecule has 20 heavy (non-hydrogen) atoms. The molecule has 0 fully saturated rings. The van der Waals surface area contributed by atoms with Crippen molar-refractivity contribution in [3.05, 3.63) is 23.8 Å². The first-order chi connectivity index (χ1) is 9.58. The quantitative estimate of drug-likeness (QED) is 0.333. The number of hydrogen-bond donors (Lipinski definition) is 0. The Morgan fingerprint density at radius 2 is 2.15 bits per heavy atom. The second kappa shape index (κ2) is 8.19. The van der Waals surface area contributed by atoms with Crippen LogP contribution in [0, 0.1) is 0 Å². The molecule has 1 aromatic carbocycles. The summed E-state index contributed by atoms with van der Waals surface area (Å²) in [5.41, 5.74) is 0.966. The van der Waals surface area contributed by atoms with Crippen molar-refractivity contribution < 1.29 is 14.3 Å². The van der Waals surface area contributed by atoms with Crippen molar-refractivity contribution in [1.82, 2.24) is 4.90 Å². The maximum atomic E-state index is 11.7. The molecule has 0 amide bonds. The number of hydrogen-bond acceptors (Lipinski definition) is 4. The van der Waals surface area contributed by atoms with Gasteiger partial charge in [-0.3, -0.25) is 0 Å². The normalized spacial score (nSPS) is 10.6. The first-order valence-corrected chi connectivity index (χ1v) is 6.64. The third-order valence-corrected chi connectivity index (χ3v) is 2.57. The fraction of sp³-hybridized carbons (Fsp3) is 0.467. The number of unbranched alkanes of at least 4 members (excludes halogenated alkanes) is 1. The van der Waals surface area contributed by atoms with Gasteiger partial charge in [-0.05, 0) is 18.6 Å². The van der Waals surface area contributed by atoms with Crippen molar-refractivity contribution in [1.29, 1.82) is 0 Å². The SMILES string of the molecule is CCCCOc1ccc(C(=O)OC)c(/N=C/N(C)C)c1. The van der Waals surface area contributed by atoms with Gasteiger partial charge in [-0.2, -0.15) is 0 Å². The van der Waals surface area contributed by atoms with Crippen LogP contribution in [0.1, 0.15) is 30.1 Å². The zero-order chi connectivity index (χ0) is 15.0. The number of carbonyl (C=O) groups excluding carboxylic acids is 1. The number of esters is 1. The van der Waals surface area contributed by atoms with Gasteiger partial charge in [-0.15, -0.1) is 0 Å². The van der Waals surface area contributed by atoms with Gasteiger partial charge < -0.3 is 14.4 Å². The molecule has 5 nitrogen and oxygen atoms in total. The lowest BCUT2D eigenvalue weighted by atomic mass is 10.1. The Kier molecular flexibility index (Phi) is 6.56. The predicted molar refractivity (Wildman–Crippen MR) is 80.0 cm³/mol. The fourth-order valence-electron chi connectivity index (χ4n) is 1.50. The topological polar surface area (TPSA) is 51.1 Å². The highest BCUT2D eigenvalue weighted by atomic mass is 16.5. The highest BCUT2D eigenvalue weighted by Crippen LogP contribution is 2.26. The average molecular weight is 278 g/mol. The van der Waals surface area contributed by atoms with Crippen LogP contribution in [0.2, 0.25) is 0 Å². The summed E-state index contributed by atoms with van der Waals surface area (Å²) in [7, 11) is 5.08. The number of methoxy groups -OCH3 is 1. The van der Waals surface area contributed by atoms with E-state index in [0.29, 0.717) is 23.6 Å². The van der Waals surface area contributed by atoms with Gasteiger partial charge in [0.2, 0.25) is 0 Å². The maximum Gasteiger partial charge on any atom is 0.340 e. The minimum absolute atomic E-state index is 0.406. The van der Waals surface area contributed by atoms with Gasteiger partial charge in [0.15, 0.2) is 0 Å². The average Bonchev–Trinajstić information content (AvgIpc) is 2.44. The number of rotatable bonds is 7. The van der Waals surface area contributed by atoms with Crippen LogP contribution in [0.4, 0.5) is 5.69 Å². The molecule has 0 bridgehead atoms. The van der Waals surface area contributed by atoms with Crippen molar-refractivity contribution in [2.24, 2.45) is 4.99 Å². The molecule has 0 aromatic heterocycles. The van der Waals surface area contributed by atoms with Crippen LogP contribution in [0.3, 0.4) is 0 Å². The van der Waals surface area contributed by atoms with E-state index >= 15 is 0 Å². The summed E-state index contributed by atoms with van der Waals surface area (Å²) in [5.74, 6) is 0.299. The number of benzene rings is 1. The highest BCUT2D eigenvalue weighted by Gasteiger charge is 2.12. The van der Waals surface area contributed by atoms with E-state index in [1.807, 2.05) is 14.1 Å². The second-order valence-corrected chi connectivity index (χ2v) is 4.58. The first kappa shape index (κ1) is 16.0. The third-order valence-electron chi connectivity index (χ3n) is 2.57. The first-order valence-electron chi connectivity index (χ1n) is 6.64. The summed E-state index contributed by atoms with van der Waals surface area (Å²) in [6, 6.07) is 5.19. The Labute approximate surface area is 120 Å². The molecule has 1 rings (SSSR count). The van der Waals surface area contributed by atoms with E-state index < -0.39 is 5.97 Å². The van der Waals surface area contributed by atoms with Gasteiger partial charge in [0.05, 0.1) is 31.3 Å². The van der Waals surface area contributed by atoms with E-state index in [1.165, 1.54) is 7.11 Å². The van der Waals surface area contributed by atoms with Crippen LogP contribution in [-0.4, -0.2) is 45.0 Å². The Hall–Kier alpha value is -2.04. The Morgan fingerprint density at radius 3 is 2.75 bits per heavy atom. The molecular formula is C15H22N2O3. The molecule has 0 aliphatic heterocycles. The molecule has 110 valence electrons. The maximum absolute atomic E-state index is 11.7. The predicted octanol–water partition coefficient (Wildman–Crippen LogP) is 2.87. The number of ether oxygens (including phenoxy) is 2. The van der Waals surface area contributed by atoms with Gasteiger partial charge in [0.25, 0.3) is 0 Å². The summed E-state index contributed by atoms with van der Waals surface area (Å²) in [5, 5.41) is 0. The lowest BCUT2D eigenvalue weighted by Crippen LogP contribution is -2.08. The van der Waals surface area contributed by atoms with Gasteiger partial charge >= 0.3 is 5.97 Å². The van der Waals surface area contributed by atoms with E-state index in [1.54, 1.807) is 29.4 Å². The highest BCUT2D eigenvalue weighted by molar-refractivity contribution is 5.95. The lowest BCUT2D eigenvalue weighted by Gasteiger charge is -2.10. The molecule has 0 aliphatic rings. The van der Waals surface area contributed by atoms with E-state index in [4.69, 9.17) is 9.47 Å². The Bertz CT molecular complexity index is 470. The van der Waals surface area contributed by atoms with Crippen LogP contribution in [0.25, 0.3) is 0 Å². The molecule has 0 saturated carbocycles. The summed E-state index contributed by atoms with van der Waals surface area (Å²) >= 11 is 0. The number of nitrogens with zero attached hydrogens (tertiary/aromatic N) is 2. The van der Waals surface area contributed by atoms with Crippen molar-refractivity contribution in [2.75, 3.05) is 27.8 Å². The minimum Gasteiger partial charge on any atom is -0.494 e. The molecule has 0 heterocycles. The van der Waals surface area contributed by atoms with Gasteiger partial charge in [-0.1, -0.05) is 13.3 Å². The van der Waals surface area contributed by atoms with Crippen molar-refractivity contribution >= 4 is 18.0 Å². The van der Waals surface area contributed by atoms with Crippen LogP contribution in [0.5, 0.6) is 5.75 Å². The zero-order valence-corrected chi connectivity index (χ0v) is 12.5. The minimum atomic E-state index is -0.406. The third kappa shape index (κ3) is 4.91. The van der Waals surface area contributed by atoms with Crippen molar-refractivity contribution in [3.63, 3.8) is 0 Å². The Morgan fingerprint density at radius 1 is 1.40 bits per heavy atom. The summed E-state index contributed by atoms with van der Waals surface area (Å²) < 4.78 is 10.4. The van der Waals surface area contributed by atoms with E-state index in [9.17, 15) is 4.79 Å². The summed E-state index contributed by atoms with van der Waals surface area (Å²) in [6.45, 7) is 2.77. The fourth-order valence-corrected chi connectivity index (χ4v) is 1.50.